The molecule has 0 N–H and O–H groups in total. The lowest BCUT2D eigenvalue weighted by Crippen LogP contribution is -2.16. The van der Waals surface area contributed by atoms with Gasteiger partial charge in [-0.15, -0.1) is 0 Å². The summed E-state index contributed by atoms with van der Waals surface area (Å²) in [7, 11) is 1.66. The topological polar surface area (TPSA) is 71.6 Å². The summed E-state index contributed by atoms with van der Waals surface area (Å²) in [6, 6.07) is 3.71. The molecule has 0 radical (unpaired) electrons. The molecule has 0 spiro atoms. The maximum absolute atomic E-state index is 11.7. The van der Waals surface area contributed by atoms with E-state index in [4.69, 9.17) is 0 Å². The highest BCUT2D eigenvalue weighted by Gasteiger charge is 2.26. The standard InChI is InChI=1S/C15H14N4O/c1-9-3-4-11-14(9)10(6-16)7-17-15(11)12-5-13(20)19(2)8-18-12/h5,7-9H,3-4H2,1-2H3. The van der Waals surface area contributed by atoms with E-state index in [0.29, 0.717) is 17.2 Å². The smallest absolute Gasteiger partial charge is 0.253 e. The van der Waals surface area contributed by atoms with Crippen LogP contribution in [0, 0.1) is 11.3 Å². The Hall–Kier alpha value is -2.48. The molecule has 100 valence electrons. The van der Waals surface area contributed by atoms with Crippen molar-refractivity contribution in [2.75, 3.05) is 0 Å². The molecule has 5 nitrogen and oxygen atoms in total. The molecule has 1 aliphatic rings. The second-order valence-electron chi connectivity index (χ2n) is 5.19. The van der Waals surface area contributed by atoms with Crippen LogP contribution in [-0.4, -0.2) is 14.5 Å². The minimum Gasteiger partial charge on any atom is -0.302 e. The van der Waals surface area contributed by atoms with E-state index >= 15 is 0 Å². The van der Waals surface area contributed by atoms with Crippen molar-refractivity contribution in [1.82, 2.24) is 14.5 Å². The fourth-order valence-electron chi connectivity index (χ4n) is 2.79. The molecular formula is C15H14N4O. The molecule has 0 aromatic carbocycles. The maximum Gasteiger partial charge on any atom is 0.253 e. The van der Waals surface area contributed by atoms with E-state index in [-0.39, 0.29) is 5.56 Å². The lowest BCUT2D eigenvalue weighted by atomic mass is 9.98. The number of hydrogen-bond donors (Lipinski definition) is 0. The lowest BCUT2D eigenvalue weighted by Gasteiger charge is -2.10. The van der Waals surface area contributed by atoms with Crippen LogP contribution in [0.5, 0.6) is 0 Å². The lowest BCUT2D eigenvalue weighted by molar-refractivity contribution is 0.746. The molecule has 1 atom stereocenters. The van der Waals surface area contributed by atoms with Gasteiger partial charge >= 0.3 is 0 Å². The summed E-state index contributed by atoms with van der Waals surface area (Å²) in [6.45, 7) is 2.12. The van der Waals surface area contributed by atoms with Gasteiger partial charge in [-0.05, 0) is 29.9 Å². The highest BCUT2D eigenvalue weighted by molar-refractivity contribution is 5.64. The average molecular weight is 266 g/mol. The SMILES string of the molecule is CC1CCc2c(-c3cc(=O)n(C)cn3)ncc(C#N)c21. The Kier molecular flexibility index (Phi) is 2.87. The zero-order valence-electron chi connectivity index (χ0n) is 11.4. The second kappa shape index (κ2) is 4.57. The Bertz CT molecular complexity index is 785. The van der Waals surface area contributed by atoms with Gasteiger partial charge in [0.15, 0.2) is 0 Å². The number of aromatic nitrogens is 3. The fraction of sp³-hybridized carbons (Fsp3) is 0.333. The summed E-state index contributed by atoms with van der Waals surface area (Å²) in [5, 5.41) is 9.20. The third-order valence-electron chi connectivity index (χ3n) is 3.88. The molecular weight excluding hydrogens is 252 g/mol. The van der Waals surface area contributed by atoms with E-state index < -0.39 is 0 Å². The Balaban J connectivity index is 2.24. The maximum atomic E-state index is 11.7. The summed E-state index contributed by atoms with van der Waals surface area (Å²) < 4.78 is 1.43. The van der Waals surface area contributed by atoms with Gasteiger partial charge in [0.1, 0.15) is 6.07 Å². The van der Waals surface area contributed by atoms with E-state index in [1.807, 2.05) is 0 Å². The molecule has 1 unspecified atom stereocenters. The monoisotopic (exact) mass is 266 g/mol. The average Bonchev–Trinajstić information content (AvgIpc) is 2.84. The molecule has 3 rings (SSSR count). The molecule has 0 saturated heterocycles. The molecule has 20 heavy (non-hydrogen) atoms. The Morgan fingerprint density at radius 2 is 2.25 bits per heavy atom. The highest BCUT2D eigenvalue weighted by Crippen LogP contribution is 2.38. The first-order valence-electron chi connectivity index (χ1n) is 6.56. The predicted octanol–water partition coefficient (Wildman–Crippen LogP) is 1.76. The van der Waals surface area contributed by atoms with Crippen LogP contribution in [0.25, 0.3) is 11.4 Å². The zero-order valence-corrected chi connectivity index (χ0v) is 11.4. The number of nitriles is 1. The Labute approximate surface area is 116 Å². The highest BCUT2D eigenvalue weighted by atomic mass is 16.1. The quantitative estimate of drug-likeness (QED) is 0.788. The largest absolute Gasteiger partial charge is 0.302 e. The van der Waals surface area contributed by atoms with E-state index in [9.17, 15) is 10.1 Å². The van der Waals surface area contributed by atoms with E-state index in [2.05, 4.69) is 23.0 Å². The molecule has 0 aliphatic heterocycles. The van der Waals surface area contributed by atoms with Gasteiger partial charge in [0.05, 0.1) is 23.3 Å². The van der Waals surface area contributed by atoms with Crippen LogP contribution >= 0.6 is 0 Å². The number of hydrogen-bond acceptors (Lipinski definition) is 4. The van der Waals surface area contributed by atoms with Crippen molar-refractivity contribution < 1.29 is 0 Å². The van der Waals surface area contributed by atoms with Gasteiger partial charge in [-0.3, -0.25) is 9.78 Å². The number of rotatable bonds is 1. The minimum absolute atomic E-state index is 0.110. The van der Waals surface area contributed by atoms with Gasteiger partial charge in [-0.25, -0.2) is 4.98 Å². The van der Waals surface area contributed by atoms with Crippen LogP contribution in [0.3, 0.4) is 0 Å². The summed E-state index contributed by atoms with van der Waals surface area (Å²) >= 11 is 0. The summed E-state index contributed by atoms with van der Waals surface area (Å²) in [4.78, 5) is 20.4. The summed E-state index contributed by atoms with van der Waals surface area (Å²) in [5.41, 5.74) is 3.99. The van der Waals surface area contributed by atoms with E-state index in [1.54, 1.807) is 13.2 Å². The number of nitrogens with zero attached hydrogens (tertiary/aromatic N) is 4. The number of fused-ring (bicyclic) bond motifs is 1. The fourth-order valence-corrected chi connectivity index (χ4v) is 2.79. The van der Waals surface area contributed by atoms with Gasteiger partial charge < -0.3 is 4.57 Å². The van der Waals surface area contributed by atoms with Crippen LogP contribution < -0.4 is 5.56 Å². The predicted molar refractivity (Wildman–Crippen MR) is 74.2 cm³/mol. The molecule has 5 heteroatoms. The van der Waals surface area contributed by atoms with Crippen molar-refractivity contribution in [3.8, 4) is 17.5 Å². The first kappa shape index (κ1) is 12.5. The molecule has 0 fully saturated rings. The number of aryl methyl sites for hydroxylation is 1. The molecule has 1 aliphatic carbocycles. The first-order chi connectivity index (χ1) is 9.61. The third kappa shape index (κ3) is 1.81. The van der Waals surface area contributed by atoms with Crippen LogP contribution in [0.2, 0.25) is 0 Å². The molecule has 2 aromatic rings. The first-order valence-corrected chi connectivity index (χ1v) is 6.56. The van der Waals surface area contributed by atoms with Crippen molar-refractivity contribution in [3.63, 3.8) is 0 Å². The van der Waals surface area contributed by atoms with Crippen LogP contribution in [0.1, 0.15) is 36.0 Å². The van der Waals surface area contributed by atoms with Gasteiger partial charge in [0, 0.05) is 19.3 Å². The summed E-state index contributed by atoms with van der Waals surface area (Å²) in [5.74, 6) is 0.355. The van der Waals surface area contributed by atoms with Gasteiger partial charge in [-0.2, -0.15) is 5.26 Å². The van der Waals surface area contributed by atoms with E-state index in [1.165, 1.54) is 17.0 Å². The van der Waals surface area contributed by atoms with Crippen molar-refractivity contribution in [3.05, 3.63) is 45.6 Å². The molecule has 0 saturated carbocycles. The van der Waals surface area contributed by atoms with Gasteiger partial charge in [0.2, 0.25) is 0 Å². The van der Waals surface area contributed by atoms with Crippen LogP contribution in [-0.2, 0) is 13.5 Å². The zero-order chi connectivity index (χ0) is 14.3. The van der Waals surface area contributed by atoms with Crippen molar-refractivity contribution in [2.24, 2.45) is 7.05 Å². The Morgan fingerprint density at radius 1 is 1.45 bits per heavy atom. The van der Waals surface area contributed by atoms with Gasteiger partial charge in [0.25, 0.3) is 5.56 Å². The van der Waals surface area contributed by atoms with Gasteiger partial charge in [-0.1, -0.05) is 6.92 Å². The van der Waals surface area contributed by atoms with Crippen LogP contribution in [0.4, 0.5) is 0 Å². The Morgan fingerprint density at radius 3 is 2.95 bits per heavy atom. The third-order valence-corrected chi connectivity index (χ3v) is 3.88. The molecule has 2 heterocycles. The molecule has 0 amide bonds. The normalized spacial score (nSPS) is 16.8. The second-order valence-corrected chi connectivity index (χ2v) is 5.19. The number of pyridine rings is 1. The van der Waals surface area contributed by atoms with Crippen molar-refractivity contribution in [1.29, 1.82) is 5.26 Å². The van der Waals surface area contributed by atoms with E-state index in [0.717, 1.165) is 29.7 Å². The minimum atomic E-state index is -0.110. The molecule has 2 aromatic heterocycles. The molecule has 0 bridgehead atoms. The van der Waals surface area contributed by atoms with Crippen LogP contribution in [0.15, 0.2) is 23.4 Å². The summed E-state index contributed by atoms with van der Waals surface area (Å²) in [6.07, 6.45) is 4.98. The van der Waals surface area contributed by atoms with Crippen molar-refractivity contribution in [2.45, 2.75) is 25.7 Å². The van der Waals surface area contributed by atoms with Crippen molar-refractivity contribution >= 4 is 0 Å².